The van der Waals surface area contributed by atoms with Gasteiger partial charge in [0.15, 0.2) is 0 Å². The number of rotatable bonds is 6. The molecule has 0 atom stereocenters. The summed E-state index contributed by atoms with van der Waals surface area (Å²) in [6.45, 7) is 8.95. The van der Waals surface area contributed by atoms with E-state index in [1.807, 2.05) is 11.3 Å². The van der Waals surface area contributed by atoms with Crippen LogP contribution in [0.1, 0.15) is 62.4 Å². The molecule has 1 heterocycles. The summed E-state index contributed by atoms with van der Waals surface area (Å²) in [5, 5.41) is 14.7. The zero-order chi connectivity index (χ0) is 13.7. The van der Waals surface area contributed by atoms with Gasteiger partial charge in [0.2, 0.25) is 0 Å². The first-order valence-corrected chi connectivity index (χ1v) is 8.49. The molecule has 3 nitrogen and oxygen atoms in total. The normalized spacial score (nSPS) is 24.0. The Bertz CT molecular complexity index is 367. The van der Waals surface area contributed by atoms with E-state index in [2.05, 4.69) is 36.3 Å². The maximum absolute atomic E-state index is 4.42. The Morgan fingerprint density at radius 3 is 2.63 bits per heavy atom. The molecule has 108 valence electrons. The van der Waals surface area contributed by atoms with E-state index >= 15 is 0 Å². The van der Waals surface area contributed by atoms with E-state index in [-0.39, 0.29) is 0 Å². The predicted octanol–water partition coefficient (Wildman–Crippen LogP) is 3.62. The van der Waals surface area contributed by atoms with Gasteiger partial charge in [0.1, 0.15) is 10.0 Å². The molecule has 1 aliphatic rings. The molecule has 1 saturated carbocycles. The maximum atomic E-state index is 4.42. The second-order valence-corrected chi connectivity index (χ2v) is 7.43. The average Bonchev–Trinajstić information content (AvgIpc) is 2.84. The van der Waals surface area contributed by atoms with Crippen LogP contribution < -0.4 is 5.32 Å². The van der Waals surface area contributed by atoms with Gasteiger partial charge in [0, 0.05) is 18.9 Å². The lowest BCUT2D eigenvalue weighted by Crippen LogP contribution is -2.22. The highest BCUT2D eigenvalue weighted by Gasteiger charge is 2.22. The van der Waals surface area contributed by atoms with Crippen molar-refractivity contribution in [2.45, 2.75) is 58.8 Å². The molecule has 4 heteroatoms. The third-order valence-electron chi connectivity index (χ3n) is 3.92. The lowest BCUT2D eigenvalue weighted by Gasteiger charge is -2.23. The summed E-state index contributed by atoms with van der Waals surface area (Å²) in [6, 6.07) is 0. The lowest BCUT2D eigenvalue weighted by atomic mass is 9.83. The molecule has 1 aliphatic carbocycles. The molecular formula is C15H27N3S. The van der Waals surface area contributed by atoms with E-state index in [1.54, 1.807) is 0 Å². The molecule has 0 radical (unpaired) electrons. The monoisotopic (exact) mass is 281 g/mol. The first-order chi connectivity index (χ1) is 9.15. The van der Waals surface area contributed by atoms with Gasteiger partial charge >= 0.3 is 0 Å². The molecule has 2 rings (SSSR count). The van der Waals surface area contributed by atoms with Crippen LogP contribution in [0.3, 0.4) is 0 Å². The van der Waals surface area contributed by atoms with Crippen LogP contribution in [-0.2, 0) is 6.42 Å². The zero-order valence-electron chi connectivity index (χ0n) is 12.5. The van der Waals surface area contributed by atoms with Gasteiger partial charge in [0.05, 0.1) is 0 Å². The number of aromatic nitrogens is 2. The SMILES string of the molecule is CC(C)CNCCc1nnc(C2CCC(C)CC2)s1. The van der Waals surface area contributed by atoms with Crippen molar-refractivity contribution in [2.24, 2.45) is 11.8 Å². The smallest absolute Gasteiger partial charge is 0.120 e. The molecule has 1 N–H and O–H groups in total. The van der Waals surface area contributed by atoms with Crippen LogP contribution in [-0.4, -0.2) is 23.3 Å². The van der Waals surface area contributed by atoms with Crippen LogP contribution in [0.15, 0.2) is 0 Å². The molecule has 1 aromatic rings. The van der Waals surface area contributed by atoms with E-state index in [1.165, 1.54) is 35.7 Å². The minimum Gasteiger partial charge on any atom is -0.316 e. The van der Waals surface area contributed by atoms with Gasteiger partial charge in [-0.2, -0.15) is 0 Å². The Labute approximate surface area is 121 Å². The molecule has 19 heavy (non-hydrogen) atoms. The van der Waals surface area contributed by atoms with Crippen molar-refractivity contribution >= 4 is 11.3 Å². The third kappa shape index (κ3) is 4.84. The van der Waals surface area contributed by atoms with Crippen LogP contribution in [0.2, 0.25) is 0 Å². The largest absolute Gasteiger partial charge is 0.316 e. The highest BCUT2D eigenvalue weighted by Crippen LogP contribution is 2.36. The van der Waals surface area contributed by atoms with Crippen molar-refractivity contribution in [2.75, 3.05) is 13.1 Å². The second-order valence-electron chi connectivity index (χ2n) is 6.34. The van der Waals surface area contributed by atoms with E-state index in [9.17, 15) is 0 Å². The summed E-state index contributed by atoms with van der Waals surface area (Å²) in [6.07, 6.45) is 6.35. The molecular weight excluding hydrogens is 254 g/mol. The standard InChI is InChI=1S/C15H27N3S/c1-11(2)10-16-9-8-14-17-18-15(19-14)13-6-4-12(3)5-7-13/h11-13,16H,4-10H2,1-3H3. The van der Waals surface area contributed by atoms with Crippen molar-refractivity contribution in [1.82, 2.24) is 15.5 Å². The number of nitrogens with zero attached hydrogens (tertiary/aromatic N) is 2. The predicted molar refractivity (Wildman–Crippen MR) is 81.7 cm³/mol. The second kappa shape index (κ2) is 7.34. The quantitative estimate of drug-likeness (QED) is 0.809. The van der Waals surface area contributed by atoms with E-state index in [0.717, 1.165) is 25.4 Å². The molecule has 0 aliphatic heterocycles. The van der Waals surface area contributed by atoms with Crippen molar-refractivity contribution < 1.29 is 0 Å². The lowest BCUT2D eigenvalue weighted by molar-refractivity contribution is 0.346. The third-order valence-corrected chi connectivity index (χ3v) is 5.06. The van der Waals surface area contributed by atoms with Gasteiger partial charge < -0.3 is 5.32 Å². The Balaban J connectivity index is 1.75. The van der Waals surface area contributed by atoms with Gasteiger partial charge in [-0.25, -0.2) is 0 Å². The zero-order valence-corrected chi connectivity index (χ0v) is 13.3. The molecule has 0 unspecified atom stereocenters. The van der Waals surface area contributed by atoms with Crippen molar-refractivity contribution in [3.05, 3.63) is 10.0 Å². The van der Waals surface area contributed by atoms with Crippen LogP contribution in [0.25, 0.3) is 0 Å². The Kier molecular flexibility index (Phi) is 5.76. The summed E-state index contributed by atoms with van der Waals surface area (Å²) in [4.78, 5) is 0. The average molecular weight is 281 g/mol. The van der Waals surface area contributed by atoms with E-state index in [0.29, 0.717) is 11.8 Å². The molecule has 0 saturated heterocycles. The van der Waals surface area contributed by atoms with Crippen molar-refractivity contribution in [1.29, 1.82) is 0 Å². The number of nitrogens with one attached hydrogen (secondary N) is 1. The summed E-state index contributed by atoms with van der Waals surface area (Å²) in [5.74, 6) is 2.31. The van der Waals surface area contributed by atoms with E-state index in [4.69, 9.17) is 0 Å². The topological polar surface area (TPSA) is 37.8 Å². The van der Waals surface area contributed by atoms with Gasteiger partial charge in [0.25, 0.3) is 0 Å². The van der Waals surface area contributed by atoms with Crippen LogP contribution in [0.4, 0.5) is 0 Å². The summed E-state index contributed by atoms with van der Waals surface area (Å²) >= 11 is 1.84. The fourth-order valence-electron chi connectivity index (χ4n) is 2.63. The first-order valence-electron chi connectivity index (χ1n) is 7.68. The minimum atomic E-state index is 0.686. The van der Waals surface area contributed by atoms with Gasteiger partial charge in [-0.1, -0.05) is 33.6 Å². The Morgan fingerprint density at radius 1 is 1.21 bits per heavy atom. The fraction of sp³-hybridized carbons (Fsp3) is 0.867. The minimum absolute atomic E-state index is 0.686. The maximum Gasteiger partial charge on any atom is 0.120 e. The molecule has 0 spiro atoms. The highest BCUT2D eigenvalue weighted by atomic mass is 32.1. The molecule has 0 aromatic carbocycles. The summed E-state index contributed by atoms with van der Waals surface area (Å²) in [5.41, 5.74) is 0. The van der Waals surface area contributed by atoms with E-state index < -0.39 is 0 Å². The van der Waals surface area contributed by atoms with Gasteiger partial charge in [-0.3, -0.25) is 0 Å². The first kappa shape index (κ1) is 14.9. The Morgan fingerprint density at radius 2 is 1.95 bits per heavy atom. The van der Waals surface area contributed by atoms with Crippen LogP contribution in [0, 0.1) is 11.8 Å². The molecule has 0 amide bonds. The van der Waals surface area contributed by atoms with Gasteiger partial charge in [-0.05, 0) is 31.2 Å². The summed E-state index contributed by atoms with van der Waals surface area (Å²) < 4.78 is 0. The number of hydrogen-bond donors (Lipinski definition) is 1. The Hall–Kier alpha value is -0.480. The number of hydrogen-bond acceptors (Lipinski definition) is 4. The van der Waals surface area contributed by atoms with Crippen molar-refractivity contribution in [3.8, 4) is 0 Å². The van der Waals surface area contributed by atoms with Crippen molar-refractivity contribution in [3.63, 3.8) is 0 Å². The molecule has 1 aromatic heterocycles. The van der Waals surface area contributed by atoms with Crippen LogP contribution >= 0.6 is 11.3 Å². The highest BCUT2D eigenvalue weighted by molar-refractivity contribution is 7.11. The molecule has 0 bridgehead atoms. The van der Waals surface area contributed by atoms with Crippen LogP contribution in [0.5, 0.6) is 0 Å². The molecule has 1 fully saturated rings. The fourth-order valence-corrected chi connectivity index (χ4v) is 3.64. The van der Waals surface area contributed by atoms with Gasteiger partial charge in [-0.15, -0.1) is 21.5 Å². The summed E-state index contributed by atoms with van der Waals surface area (Å²) in [7, 11) is 0.